The summed E-state index contributed by atoms with van der Waals surface area (Å²) >= 11 is 0. The molecule has 0 aliphatic heterocycles. The maximum atomic E-state index is 11.5. The van der Waals surface area contributed by atoms with Gasteiger partial charge in [-0.3, -0.25) is 4.79 Å². The number of fused-ring (bicyclic) bond motifs is 5. The van der Waals surface area contributed by atoms with Crippen LogP contribution in [0.5, 0.6) is 0 Å². The largest absolute Gasteiger partial charge is 0.463 e. The van der Waals surface area contributed by atoms with Crippen molar-refractivity contribution in [2.75, 3.05) is 0 Å². The minimum atomic E-state index is -0.115. The van der Waals surface area contributed by atoms with Crippen molar-refractivity contribution in [3.63, 3.8) is 0 Å². The molecule has 0 spiro atoms. The molecule has 8 atom stereocenters. The van der Waals surface area contributed by atoms with Gasteiger partial charge in [0.25, 0.3) is 0 Å². The SMILES string of the molecule is C=C(C)[C@H](CC)CC[C@@H](C)C1=CC[C@H]2C3=CC[C@H]4C[C@@H](OC(C)=O)CC[C@]4(C)[C@H]3CC[C@]12C. The van der Waals surface area contributed by atoms with E-state index in [9.17, 15) is 4.79 Å². The number of hydrogen-bond donors (Lipinski definition) is 0. The third-order valence-electron chi connectivity index (χ3n) is 10.7. The first-order valence-electron chi connectivity index (χ1n) is 13.8. The van der Waals surface area contributed by atoms with E-state index in [2.05, 4.69) is 53.3 Å². The zero-order chi connectivity index (χ0) is 24.0. The van der Waals surface area contributed by atoms with Crippen LogP contribution >= 0.6 is 0 Å². The van der Waals surface area contributed by atoms with E-state index < -0.39 is 0 Å². The minimum Gasteiger partial charge on any atom is -0.463 e. The molecule has 4 aliphatic carbocycles. The zero-order valence-electron chi connectivity index (χ0n) is 22.2. The highest BCUT2D eigenvalue weighted by molar-refractivity contribution is 5.66. The Morgan fingerprint density at radius 1 is 1.12 bits per heavy atom. The van der Waals surface area contributed by atoms with Gasteiger partial charge in [-0.1, -0.05) is 63.1 Å². The highest BCUT2D eigenvalue weighted by Gasteiger charge is 2.56. The van der Waals surface area contributed by atoms with Crippen molar-refractivity contribution in [1.29, 1.82) is 0 Å². The van der Waals surface area contributed by atoms with E-state index in [-0.39, 0.29) is 12.1 Å². The Morgan fingerprint density at radius 2 is 1.88 bits per heavy atom. The third kappa shape index (κ3) is 4.41. The number of ether oxygens (including phenoxy) is 1. The molecule has 2 nitrogen and oxygen atoms in total. The number of rotatable bonds is 7. The number of hydrogen-bond acceptors (Lipinski definition) is 2. The first kappa shape index (κ1) is 24.8. The number of carbonyl (C=O) groups excluding carboxylic acids is 1. The van der Waals surface area contributed by atoms with E-state index in [1.807, 2.05) is 0 Å². The second-order valence-electron chi connectivity index (χ2n) is 12.5. The third-order valence-corrected chi connectivity index (χ3v) is 10.7. The fourth-order valence-electron chi connectivity index (χ4n) is 8.61. The molecule has 2 fully saturated rings. The summed E-state index contributed by atoms with van der Waals surface area (Å²) in [5.41, 5.74) is 5.64. The highest BCUT2D eigenvalue weighted by Crippen LogP contribution is 2.65. The van der Waals surface area contributed by atoms with E-state index in [1.165, 1.54) is 56.9 Å². The van der Waals surface area contributed by atoms with Crippen molar-refractivity contribution >= 4 is 5.97 Å². The van der Waals surface area contributed by atoms with Crippen molar-refractivity contribution in [2.45, 2.75) is 112 Å². The lowest BCUT2D eigenvalue weighted by atomic mass is 9.47. The van der Waals surface area contributed by atoms with Crippen molar-refractivity contribution in [2.24, 2.45) is 40.4 Å². The van der Waals surface area contributed by atoms with E-state index in [4.69, 9.17) is 4.74 Å². The Bertz CT molecular complexity index is 834. The Balaban J connectivity index is 1.47. The summed E-state index contributed by atoms with van der Waals surface area (Å²) < 4.78 is 5.64. The van der Waals surface area contributed by atoms with Crippen LogP contribution in [-0.2, 0) is 9.53 Å². The maximum Gasteiger partial charge on any atom is 0.302 e. The molecule has 0 aromatic heterocycles. The topological polar surface area (TPSA) is 26.3 Å². The first-order chi connectivity index (χ1) is 15.6. The summed E-state index contributed by atoms with van der Waals surface area (Å²) in [5.74, 6) is 3.33. The number of allylic oxidation sites excluding steroid dienone is 5. The molecular weight excluding hydrogens is 404 g/mol. The lowest BCUT2D eigenvalue weighted by Gasteiger charge is -2.57. The molecule has 0 aromatic rings. The molecule has 0 N–H and O–H groups in total. The molecule has 33 heavy (non-hydrogen) atoms. The number of esters is 1. The van der Waals surface area contributed by atoms with Crippen LogP contribution in [0.2, 0.25) is 0 Å². The fraction of sp³-hybridized carbons (Fsp3) is 0.774. The molecule has 0 aromatic carbocycles. The van der Waals surface area contributed by atoms with Crippen LogP contribution in [0.15, 0.2) is 35.5 Å². The van der Waals surface area contributed by atoms with Crippen LogP contribution in [0.25, 0.3) is 0 Å². The number of carbonyl (C=O) groups is 1. The first-order valence-corrected chi connectivity index (χ1v) is 13.8. The van der Waals surface area contributed by atoms with E-state index in [0.29, 0.717) is 34.5 Å². The van der Waals surface area contributed by atoms with Gasteiger partial charge < -0.3 is 4.74 Å². The summed E-state index contributed by atoms with van der Waals surface area (Å²) in [4.78, 5) is 11.5. The predicted molar refractivity (Wildman–Crippen MR) is 138 cm³/mol. The molecule has 0 unspecified atom stereocenters. The van der Waals surface area contributed by atoms with Gasteiger partial charge in [0.05, 0.1) is 0 Å². The Kier molecular flexibility index (Phi) is 7.05. The molecule has 2 heteroatoms. The quantitative estimate of drug-likeness (QED) is 0.286. The average Bonchev–Trinajstić information content (AvgIpc) is 3.11. The summed E-state index contributed by atoms with van der Waals surface area (Å²) in [6.07, 6.45) is 17.6. The molecule has 2 saturated carbocycles. The van der Waals surface area contributed by atoms with Gasteiger partial charge in [-0.25, -0.2) is 0 Å². The molecule has 0 saturated heterocycles. The van der Waals surface area contributed by atoms with Crippen molar-refractivity contribution in [1.82, 2.24) is 0 Å². The lowest BCUT2D eigenvalue weighted by molar-refractivity contribution is -0.152. The Morgan fingerprint density at radius 3 is 2.55 bits per heavy atom. The van der Waals surface area contributed by atoms with Crippen LogP contribution in [0, 0.1) is 40.4 Å². The van der Waals surface area contributed by atoms with Crippen LogP contribution in [0.3, 0.4) is 0 Å². The van der Waals surface area contributed by atoms with Gasteiger partial charge in [0.1, 0.15) is 6.10 Å². The molecule has 0 bridgehead atoms. The standard InChI is InChI=1S/C31H48O2/c1-8-23(20(2)3)10-9-21(4)27-13-14-28-26-12-11-24-19-25(33-22(5)32)15-17-30(24,6)29(26)16-18-31(27,28)7/h12-13,21,23-25,28-29H,2,8-11,14-19H2,1,3-7H3/t21-,23-,24+,25+,28+,29+,30+,31-/m1/s1. The highest BCUT2D eigenvalue weighted by atomic mass is 16.5. The smallest absolute Gasteiger partial charge is 0.302 e. The lowest BCUT2D eigenvalue weighted by Crippen LogP contribution is -2.49. The summed E-state index contributed by atoms with van der Waals surface area (Å²) in [7, 11) is 0. The van der Waals surface area contributed by atoms with Gasteiger partial charge in [0.15, 0.2) is 0 Å². The van der Waals surface area contributed by atoms with Gasteiger partial charge in [-0.05, 0) is 112 Å². The fourth-order valence-corrected chi connectivity index (χ4v) is 8.61. The molecular formula is C31H48O2. The van der Waals surface area contributed by atoms with Gasteiger partial charge in [0.2, 0.25) is 0 Å². The zero-order valence-corrected chi connectivity index (χ0v) is 22.2. The minimum absolute atomic E-state index is 0.115. The molecule has 4 aliphatic rings. The predicted octanol–water partition coefficient (Wildman–Crippen LogP) is 8.44. The van der Waals surface area contributed by atoms with E-state index in [1.54, 1.807) is 18.1 Å². The molecule has 0 heterocycles. The summed E-state index contributed by atoms with van der Waals surface area (Å²) in [6, 6.07) is 0. The van der Waals surface area contributed by atoms with Crippen LogP contribution in [-0.4, -0.2) is 12.1 Å². The normalized spacial score (nSPS) is 39.3. The second kappa shape index (κ2) is 9.38. The maximum absolute atomic E-state index is 11.5. The Hall–Kier alpha value is -1.31. The van der Waals surface area contributed by atoms with Gasteiger partial charge in [-0.15, -0.1) is 0 Å². The van der Waals surface area contributed by atoms with Gasteiger partial charge >= 0.3 is 5.97 Å². The molecule has 0 radical (unpaired) electrons. The van der Waals surface area contributed by atoms with Crippen molar-refractivity contribution < 1.29 is 9.53 Å². The van der Waals surface area contributed by atoms with Crippen LogP contribution in [0.4, 0.5) is 0 Å². The Labute approximate surface area is 203 Å². The van der Waals surface area contributed by atoms with Gasteiger partial charge in [0, 0.05) is 6.92 Å². The van der Waals surface area contributed by atoms with E-state index in [0.717, 1.165) is 18.8 Å². The van der Waals surface area contributed by atoms with Gasteiger partial charge in [-0.2, -0.15) is 0 Å². The van der Waals surface area contributed by atoms with Crippen molar-refractivity contribution in [3.8, 4) is 0 Å². The summed E-state index contributed by atoms with van der Waals surface area (Å²) in [5, 5.41) is 0. The molecule has 184 valence electrons. The average molecular weight is 453 g/mol. The molecule has 4 rings (SSSR count). The van der Waals surface area contributed by atoms with E-state index >= 15 is 0 Å². The second-order valence-corrected chi connectivity index (χ2v) is 12.5. The summed E-state index contributed by atoms with van der Waals surface area (Å²) in [6.45, 7) is 17.9. The van der Waals surface area contributed by atoms with Crippen molar-refractivity contribution in [3.05, 3.63) is 35.5 Å². The van der Waals surface area contributed by atoms with Crippen LogP contribution in [0.1, 0.15) is 106 Å². The van der Waals surface area contributed by atoms with Crippen LogP contribution < -0.4 is 0 Å². The molecule has 0 amide bonds. The monoisotopic (exact) mass is 452 g/mol.